The first kappa shape index (κ1) is 20.3. The molecule has 4 nitrogen and oxygen atoms in total. The zero-order valence-electron chi connectivity index (χ0n) is 16.5. The number of nitrogens with one attached hydrogen (secondary N) is 2. The van der Waals surface area contributed by atoms with Crippen LogP contribution in [0.4, 0.5) is 0 Å². The molecule has 0 saturated carbocycles. The highest BCUT2D eigenvalue weighted by Crippen LogP contribution is 2.18. The lowest BCUT2D eigenvalue weighted by molar-refractivity contribution is -0.121. The van der Waals surface area contributed by atoms with E-state index in [0.29, 0.717) is 12.1 Å². The summed E-state index contributed by atoms with van der Waals surface area (Å²) in [7, 11) is 0. The van der Waals surface area contributed by atoms with E-state index in [-0.39, 0.29) is 24.2 Å². The zero-order valence-corrected chi connectivity index (χ0v) is 16.5. The molecule has 2 N–H and O–H groups in total. The van der Waals surface area contributed by atoms with Crippen molar-refractivity contribution in [1.29, 1.82) is 0 Å². The molecule has 0 heterocycles. The SMILES string of the molecule is C[C@@H](CNC(=O)C[C@@H](NC(=O)c1ccccc1)c1ccccc1)c1ccccc1. The predicted molar refractivity (Wildman–Crippen MR) is 116 cm³/mol. The Labute approximate surface area is 172 Å². The topological polar surface area (TPSA) is 58.2 Å². The molecule has 0 unspecified atom stereocenters. The highest BCUT2D eigenvalue weighted by Gasteiger charge is 2.19. The van der Waals surface area contributed by atoms with Crippen molar-refractivity contribution in [2.75, 3.05) is 6.54 Å². The van der Waals surface area contributed by atoms with E-state index in [1.165, 1.54) is 5.56 Å². The van der Waals surface area contributed by atoms with Crippen LogP contribution in [0, 0.1) is 0 Å². The molecule has 0 spiro atoms. The molecule has 4 heteroatoms. The average molecular weight is 386 g/mol. The zero-order chi connectivity index (χ0) is 20.5. The van der Waals surface area contributed by atoms with Crippen LogP contribution >= 0.6 is 0 Å². The van der Waals surface area contributed by atoms with E-state index in [4.69, 9.17) is 0 Å². The molecule has 3 aromatic carbocycles. The average Bonchev–Trinajstić information content (AvgIpc) is 2.78. The summed E-state index contributed by atoms with van der Waals surface area (Å²) >= 11 is 0. The number of rotatable bonds is 8. The van der Waals surface area contributed by atoms with E-state index in [2.05, 4.69) is 29.7 Å². The van der Waals surface area contributed by atoms with Crippen LogP contribution in [-0.4, -0.2) is 18.4 Å². The molecule has 29 heavy (non-hydrogen) atoms. The number of amides is 2. The molecule has 0 bridgehead atoms. The third-order valence-electron chi connectivity index (χ3n) is 4.91. The van der Waals surface area contributed by atoms with Crippen molar-refractivity contribution in [2.24, 2.45) is 0 Å². The maximum atomic E-state index is 12.6. The van der Waals surface area contributed by atoms with Gasteiger partial charge in [-0.15, -0.1) is 0 Å². The van der Waals surface area contributed by atoms with Gasteiger partial charge >= 0.3 is 0 Å². The minimum absolute atomic E-state index is 0.0880. The minimum atomic E-state index is -0.393. The summed E-state index contributed by atoms with van der Waals surface area (Å²) in [5.41, 5.74) is 2.67. The maximum absolute atomic E-state index is 12.6. The second-order valence-corrected chi connectivity index (χ2v) is 7.12. The fraction of sp³-hybridized carbons (Fsp3) is 0.200. The number of benzene rings is 3. The molecule has 0 aliphatic carbocycles. The lowest BCUT2D eigenvalue weighted by atomic mass is 10.0. The van der Waals surface area contributed by atoms with Gasteiger partial charge in [-0.2, -0.15) is 0 Å². The molecule has 2 atom stereocenters. The Bertz CT molecular complexity index is 911. The van der Waals surface area contributed by atoms with E-state index in [1.807, 2.05) is 66.7 Å². The molecular weight excluding hydrogens is 360 g/mol. The molecule has 0 aromatic heterocycles. The fourth-order valence-corrected chi connectivity index (χ4v) is 3.19. The van der Waals surface area contributed by atoms with Gasteiger partial charge in [0.2, 0.25) is 5.91 Å². The Kier molecular flexibility index (Phi) is 7.17. The molecule has 0 aliphatic heterocycles. The van der Waals surface area contributed by atoms with Gasteiger partial charge in [0.1, 0.15) is 0 Å². The quantitative estimate of drug-likeness (QED) is 0.600. The Morgan fingerprint density at radius 1 is 0.759 bits per heavy atom. The Morgan fingerprint density at radius 2 is 1.28 bits per heavy atom. The van der Waals surface area contributed by atoms with Gasteiger partial charge < -0.3 is 10.6 Å². The van der Waals surface area contributed by atoms with E-state index < -0.39 is 6.04 Å². The van der Waals surface area contributed by atoms with Crippen LogP contribution in [-0.2, 0) is 4.79 Å². The Balaban J connectivity index is 1.63. The van der Waals surface area contributed by atoms with Crippen LogP contribution in [0.25, 0.3) is 0 Å². The second-order valence-electron chi connectivity index (χ2n) is 7.12. The molecular formula is C25H26N2O2. The van der Waals surface area contributed by atoms with Gasteiger partial charge in [-0.1, -0.05) is 85.8 Å². The summed E-state index contributed by atoms with van der Waals surface area (Å²) in [6, 6.07) is 28.3. The van der Waals surface area contributed by atoms with Crippen molar-refractivity contribution in [3.63, 3.8) is 0 Å². The number of hydrogen-bond acceptors (Lipinski definition) is 2. The first-order chi connectivity index (χ1) is 14.1. The summed E-state index contributed by atoms with van der Waals surface area (Å²) in [6.45, 7) is 2.64. The molecule has 0 saturated heterocycles. The third-order valence-corrected chi connectivity index (χ3v) is 4.91. The van der Waals surface area contributed by atoms with Gasteiger partial charge in [0.05, 0.1) is 12.5 Å². The molecule has 0 aliphatic rings. The lowest BCUT2D eigenvalue weighted by Gasteiger charge is -2.20. The third kappa shape index (κ3) is 6.04. The van der Waals surface area contributed by atoms with Crippen LogP contribution < -0.4 is 10.6 Å². The standard InChI is InChI=1S/C25H26N2O2/c1-19(20-11-5-2-6-12-20)18-26-24(28)17-23(21-13-7-3-8-14-21)27-25(29)22-15-9-4-10-16-22/h2-16,19,23H,17-18H2,1H3,(H,26,28)(H,27,29)/t19-,23+/m0/s1. The van der Waals surface area contributed by atoms with Gasteiger partial charge in [0.25, 0.3) is 5.91 Å². The molecule has 0 radical (unpaired) electrons. The molecule has 148 valence electrons. The summed E-state index contributed by atoms with van der Waals surface area (Å²) in [6.07, 6.45) is 0.185. The monoisotopic (exact) mass is 386 g/mol. The normalized spacial score (nSPS) is 12.6. The first-order valence-electron chi connectivity index (χ1n) is 9.86. The van der Waals surface area contributed by atoms with Crippen molar-refractivity contribution in [3.8, 4) is 0 Å². The van der Waals surface area contributed by atoms with Gasteiger partial charge in [-0.3, -0.25) is 9.59 Å². The van der Waals surface area contributed by atoms with Crippen LogP contribution in [0.1, 0.15) is 46.8 Å². The first-order valence-corrected chi connectivity index (χ1v) is 9.86. The molecule has 3 rings (SSSR count). The van der Waals surface area contributed by atoms with Gasteiger partial charge in [0, 0.05) is 12.1 Å². The van der Waals surface area contributed by atoms with Crippen molar-refractivity contribution in [3.05, 3.63) is 108 Å². The molecule has 3 aromatic rings. The lowest BCUT2D eigenvalue weighted by Crippen LogP contribution is -2.35. The number of hydrogen-bond donors (Lipinski definition) is 2. The van der Waals surface area contributed by atoms with Gasteiger partial charge in [0.15, 0.2) is 0 Å². The van der Waals surface area contributed by atoms with E-state index >= 15 is 0 Å². The Hall–Kier alpha value is -3.40. The fourth-order valence-electron chi connectivity index (χ4n) is 3.19. The minimum Gasteiger partial charge on any atom is -0.355 e. The van der Waals surface area contributed by atoms with Gasteiger partial charge in [-0.05, 0) is 29.2 Å². The highest BCUT2D eigenvalue weighted by atomic mass is 16.2. The molecule has 0 fully saturated rings. The van der Waals surface area contributed by atoms with E-state index in [1.54, 1.807) is 12.1 Å². The summed E-state index contributed by atoms with van der Waals surface area (Å²) < 4.78 is 0. The molecule has 2 amide bonds. The van der Waals surface area contributed by atoms with Crippen molar-refractivity contribution in [2.45, 2.75) is 25.3 Å². The van der Waals surface area contributed by atoms with Crippen LogP contribution in [0.15, 0.2) is 91.0 Å². The van der Waals surface area contributed by atoms with Crippen LogP contribution in [0.3, 0.4) is 0 Å². The van der Waals surface area contributed by atoms with Crippen LogP contribution in [0.5, 0.6) is 0 Å². The van der Waals surface area contributed by atoms with Crippen molar-refractivity contribution in [1.82, 2.24) is 10.6 Å². The van der Waals surface area contributed by atoms with E-state index in [9.17, 15) is 9.59 Å². The summed E-state index contributed by atoms with van der Waals surface area (Å²) in [5, 5.41) is 6.00. The number of carbonyl (C=O) groups is 2. The van der Waals surface area contributed by atoms with E-state index in [0.717, 1.165) is 5.56 Å². The summed E-state index contributed by atoms with van der Waals surface area (Å²) in [5.74, 6) is -0.0610. The smallest absolute Gasteiger partial charge is 0.251 e. The summed E-state index contributed by atoms with van der Waals surface area (Å²) in [4.78, 5) is 25.2. The predicted octanol–water partition coefficient (Wildman–Crippen LogP) is 4.47. The Morgan fingerprint density at radius 3 is 1.86 bits per heavy atom. The van der Waals surface area contributed by atoms with Crippen molar-refractivity contribution >= 4 is 11.8 Å². The largest absolute Gasteiger partial charge is 0.355 e. The maximum Gasteiger partial charge on any atom is 0.251 e. The van der Waals surface area contributed by atoms with Crippen molar-refractivity contribution < 1.29 is 9.59 Å². The second kappa shape index (κ2) is 10.2. The van der Waals surface area contributed by atoms with Crippen LogP contribution in [0.2, 0.25) is 0 Å². The highest BCUT2D eigenvalue weighted by molar-refractivity contribution is 5.94. The number of carbonyl (C=O) groups excluding carboxylic acids is 2. The van der Waals surface area contributed by atoms with Gasteiger partial charge in [-0.25, -0.2) is 0 Å².